The van der Waals surface area contributed by atoms with Crippen LogP contribution < -0.4 is 0 Å². The Morgan fingerprint density at radius 3 is 2.36 bits per heavy atom. The first-order valence-electron chi connectivity index (χ1n) is 4.93. The molecule has 2 atom stereocenters. The Balaban J connectivity index is 2.97. The fourth-order valence-electron chi connectivity index (χ4n) is 2.29. The lowest BCUT2D eigenvalue weighted by molar-refractivity contribution is -0.150. The topological polar surface area (TPSA) is 43.4 Å². The zero-order valence-electron chi connectivity index (χ0n) is 9.29. The summed E-state index contributed by atoms with van der Waals surface area (Å²) in [4.78, 5) is 22.5. The van der Waals surface area contributed by atoms with Crippen LogP contribution in [0.5, 0.6) is 0 Å². The Bertz CT molecular complexity index is 257. The normalized spacial score (nSPS) is 35.3. The summed E-state index contributed by atoms with van der Waals surface area (Å²) in [5.74, 6) is -0.344. The second-order valence-electron chi connectivity index (χ2n) is 4.87. The van der Waals surface area contributed by atoms with Crippen molar-refractivity contribution < 1.29 is 14.3 Å². The van der Waals surface area contributed by atoms with Crippen molar-refractivity contribution in [1.82, 2.24) is 0 Å². The van der Waals surface area contributed by atoms with Gasteiger partial charge in [0, 0.05) is 5.41 Å². The van der Waals surface area contributed by atoms with Gasteiger partial charge in [-0.15, -0.1) is 0 Å². The molecule has 0 spiro atoms. The minimum Gasteiger partial charge on any atom is -0.469 e. The quantitative estimate of drug-likeness (QED) is 0.502. The molecule has 0 heterocycles. The van der Waals surface area contributed by atoms with E-state index in [-0.39, 0.29) is 17.3 Å². The van der Waals surface area contributed by atoms with Gasteiger partial charge >= 0.3 is 5.97 Å². The van der Waals surface area contributed by atoms with Crippen molar-refractivity contribution in [3.8, 4) is 0 Å². The summed E-state index contributed by atoms with van der Waals surface area (Å²) in [7, 11) is 1.40. The van der Waals surface area contributed by atoms with Crippen molar-refractivity contribution in [3.63, 3.8) is 0 Å². The van der Waals surface area contributed by atoms with Crippen molar-refractivity contribution in [3.05, 3.63) is 0 Å². The molecule has 0 saturated heterocycles. The summed E-state index contributed by atoms with van der Waals surface area (Å²) in [6.45, 7) is 5.86. The van der Waals surface area contributed by atoms with Gasteiger partial charge in [-0.2, -0.15) is 0 Å². The number of carbonyl (C=O) groups excluding carboxylic acids is 2. The molecule has 14 heavy (non-hydrogen) atoms. The molecule has 1 aliphatic rings. The fraction of sp³-hybridized carbons (Fsp3) is 0.818. The number of aldehydes is 1. The molecule has 0 aromatic carbocycles. The van der Waals surface area contributed by atoms with E-state index in [1.807, 2.05) is 20.8 Å². The lowest BCUT2D eigenvalue weighted by Gasteiger charge is -2.36. The largest absolute Gasteiger partial charge is 0.469 e. The van der Waals surface area contributed by atoms with Gasteiger partial charge in [-0.05, 0) is 18.3 Å². The molecule has 3 nitrogen and oxygen atoms in total. The maximum atomic E-state index is 11.5. The molecule has 1 fully saturated rings. The molecule has 1 saturated carbocycles. The predicted molar refractivity (Wildman–Crippen MR) is 52.7 cm³/mol. The summed E-state index contributed by atoms with van der Waals surface area (Å²) < 4.78 is 4.75. The SMILES string of the molecule is COC(=O)[C@H]1CCC(C)(C=O)C1(C)C. The Hall–Kier alpha value is -0.860. The standard InChI is InChI=1S/C11H18O3/c1-10(2)8(9(13)14-4)5-6-11(10,3)7-12/h7-8H,5-6H2,1-4H3/t8-,11?/m1/s1. The van der Waals surface area contributed by atoms with Gasteiger partial charge in [0.2, 0.25) is 0 Å². The number of hydrogen-bond donors (Lipinski definition) is 0. The van der Waals surface area contributed by atoms with Gasteiger partial charge in [-0.3, -0.25) is 4.79 Å². The fourth-order valence-corrected chi connectivity index (χ4v) is 2.29. The summed E-state index contributed by atoms with van der Waals surface area (Å²) >= 11 is 0. The van der Waals surface area contributed by atoms with Crippen molar-refractivity contribution in [2.24, 2.45) is 16.7 Å². The van der Waals surface area contributed by atoms with Crippen molar-refractivity contribution in [2.45, 2.75) is 33.6 Å². The van der Waals surface area contributed by atoms with Gasteiger partial charge in [-0.25, -0.2) is 0 Å². The Labute approximate surface area is 84.8 Å². The first-order valence-corrected chi connectivity index (χ1v) is 4.93. The zero-order chi connectivity index (χ0) is 11.0. The van der Waals surface area contributed by atoms with Crippen LogP contribution in [0.25, 0.3) is 0 Å². The maximum Gasteiger partial charge on any atom is 0.309 e. The third-order valence-corrected chi connectivity index (χ3v) is 4.04. The molecule has 0 radical (unpaired) electrons. The monoisotopic (exact) mass is 198 g/mol. The highest BCUT2D eigenvalue weighted by Crippen LogP contribution is 2.54. The van der Waals surface area contributed by atoms with E-state index in [9.17, 15) is 9.59 Å². The molecule has 1 rings (SSSR count). The summed E-state index contributed by atoms with van der Waals surface area (Å²) in [6.07, 6.45) is 2.49. The molecule has 1 aliphatic carbocycles. The molecule has 0 aromatic heterocycles. The summed E-state index contributed by atoms with van der Waals surface area (Å²) in [5.41, 5.74) is -0.701. The summed E-state index contributed by atoms with van der Waals surface area (Å²) in [5, 5.41) is 0. The van der Waals surface area contributed by atoms with E-state index in [4.69, 9.17) is 4.74 Å². The lowest BCUT2D eigenvalue weighted by atomic mass is 9.66. The van der Waals surface area contributed by atoms with Crippen molar-refractivity contribution >= 4 is 12.3 Å². The third-order valence-electron chi connectivity index (χ3n) is 4.04. The highest BCUT2D eigenvalue weighted by molar-refractivity contribution is 5.76. The van der Waals surface area contributed by atoms with Gasteiger partial charge in [0.15, 0.2) is 0 Å². The number of hydrogen-bond acceptors (Lipinski definition) is 3. The van der Waals surface area contributed by atoms with Crippen molar-refractivity contribution in [1.29, 1.82) is 0 Å². The second-order valence-corrected chi connectivity index (χ2v) is 4.87. The van der Waals surface area contributed by atoms with Crippen molar-refractivity contribution in [2.75, 3.05) is 7.11 Å². The molecule has 0 aliphatic heterocycles. The molecule has 80 valence electrons. The minimum absolute atomic E-state index is 0.150. The van der Waals surface area contributed by atoms with Gasteiger partial charge in [0.1, 0.15) is 6.29 Å². The molecule has 0 aromatic rings. The van der Waals surface area contributed by atoms with Crippen LogP contribution in [0.3, 0.4) is 0 Å². The predicted octanol–water partition coefficient (Wildman–Crippen LogP) is 1.80. The van der Waals surface area contributed by atoms with E-state index < -0.39 is 5.41 Å². The third kappa shape index (κ3) is 1.35. The Morgan fingerprint density at radius 2 is 2.00 bits per heavy atom. The minimum atomic E-state index is -0.397. The van der Waals surface area contributed by atoms with Crippen LogP contribution in [0.15, 0.2) is 0 Å². The lowest BCUT2D eigenvalue weighted by Crippen LogP contribution is -2.38. The molecule has 0 amide bonds. The number of methoxy groups -OCH3 is 1. The van der Waals surface area contributed by atoms with Crippen LogP contribution in [-0.4, -0.2) is 19.4 Å². The van der Waals surface area contributed by atoms with E-state index >= 15 is 0 Å². The maximum absolute atomic E-state index is 11.5. The molecule has 0 N–H and O–H groups in total. The average molecular weight is 198 g/mol. The molecular weight excluding hydrogens is 180 g/mol. The molecule has 0 bridgehead atoms. The van der Waals surface area contributed by atoms with Crippen LogP contribution in [-0.2, 0) is 14.3 Å². The number of ether oxygens (including phenoxy) is 1. The van der Waals surface area contributed by atoms with E-state index in [1.165, 1.54) is 7.11 Å². The Morgan fingerprint density at radius 1 is 1.43 bits per heavy atom. The van der Waals surface area contributed by atoms with E-state index in [2.05, 4.69) is 0 Å². The van der Waals surface area contributed by atoms with E-state index in [0.717, 1.165) is 19.1 Å². The highest BCUT2D eigenvalue weighted by Gasteiger charge is 2.54. The molecular formula is C11H18O3. The average Bonchev–Trinajstić information content (AvgIpc) is 2.38. The van der Waals surface area contributed by atoms with Crippen LogP contribution in [0, 0.1) is 16.7 Å². The zero-order valence-corrected chi connectivity index (χ0v) is 9.29. The van der Waals surface area contributed by atoms with Crippen LogP contribution in [0.4, 0.5) is 0 Å². The van der Waals surface area contributed by atoms with Gasteiger partial charge in [0.25, 0.3) is 0 Å². The van der Waals surface area contributed by atoms with Crippen LogP contribution >= 0.6 is 0 Å². The second kappa shape index (κ2) is 3.37. The molecule has 3 heteroatoms. The van der Waals surface area contributed by atoms with Crippen LogP contribution in [0.1, 0.15) is 33.6 Å². The number of carbonyl (C=O) groups is 2. The molecule has 1 unspecified atom stereocenters. The van der Waals surface area contributed by atoms with Gasteiger partial charge < -0.3 is 9.53 Å². The Kier molecular flexibility index (Phi) is 2.70. The smallest absolute Gasteiger partial charge is 0.309 e. The number of rotatable bonds is 2. The van der Waals surface area contributed by atoms with Gasteiger partial charge in [-0.1, -0.05) is 20.8 Å². The summed E-state index contributed by atoms with van der Waals surface area (Å²) in [6, 6.07) is 0. The van der Waals surface area contributed by atoms with E-state index in [0.29, 0.717) is 0 Å². The van der Waals surface area contributed by atoms with Gasteiger partial charge in [0.05, 0.1) is 13.0 Å². The van der Waals surface area contributed by atoms with E-state index in [1.54, 1.807) is 0 Å². The first-order chi connectivity index (χ1) is 6.39. The number of esters is 1. The first kappa shape index (κ1) is 11.2. The highest BCUT2D eigenvalue weighted by atomic mass is 16.5. The van der Waals surface area contributed by atoms with Crippen LogP contribution in [0.2, 0.25) is 0 Å².